The topological polar surface area (TPSA) is 89.3 Å². The molecule has 0 radical (unpaired) electrons. The molecular formula is C24H24N2O6. The maximum Gasteiger partial charge on any atom is 0.344 e. The van der Waals surface area contributed by atoms with Crippen LogP contribution in [0.4, 0.5) is 0 Å². The van der Waals surface area contributed by atoms with Crippen molar-refractivity contribution in [3.63, 3.8) is 0 Å². The van der Waals surface area contributed by atoms with Gasteiger partial charge in [0.2, 0.25) is 5.91 Å². The second-order valence-electron chi connectivity index (χ2n) is 7.55. The van der Waals surface area contributed by atoms with Gasteiger partial charge in [0.15, 0.2) is 6.61 Å². The van der Waals surface area contributed by atoms with Crippen molar-refractivity contribution < 1.29 is 23.5 Å². The molecule has 32 heavy (non-hydrogen) atoms. The molecule has 1 aromatic heterocycles. The van der Waals surface area contributed by atoms with Crippen LogP contribution in [0, 0.1) is 0 Å². The summed E-state index contributed by atoms with van der Waals surface area (Å²) in [5.74, 6) is 1.10. The van der Waals surface area contributed by atoms with Gasteiger partial charge in [-0.25, -0.2) is 4.79 Å². The molecule has 2 aromatic carbocycles. The van der Waals surface area contributed by atoms with Crippen LogP contribution in [0.15, 0.2) is 57.7 Å². The van der Waals surface area contributed by atoms with Gasteiger partial charge in [0.25, 0.3) is 5.91 Å². The molecule has 0 atom stereocenters. The number of methoxy groups -OCH3 is 1. The van der Waals surface area contributed by atoms with Gasteiger partial charge in [-0.05, 0) is 42.0 Å². The fourth-order valence-corrected chi connectivity index (χ4v) is 3.67. The van der Waals surface area contributed by atoms with Gasteiger partial charge in [0, 0.05) is 38.5 Å². The van der Waals surface area contributed by atoms with Gasteiger partial charge in [-0.15, -0.1) is 0 Å². The quantitative estimate of drug-likeness (QED) is 0.571. The van der Waals surface area contributed by atoms with Gasteiger partial charge in [0.1, 0.15) is 17.1 Å². The minimum atomic E-state index is -0.434. The molecule has 1 aliphatic rings. The van der Waals surface area contributed by atoms with Crippen LogP contribution in [0.2, 0.25) is 0 Å². The van der Waals surface area contributed by atoms with Crippen LogP contribution in [0.1, 0.15) is 6.92 Å². The number of amides is 2. The number of hydrogen-bond donors (Lipinski definition) is 0. The molecule has 0 aliphatic carbocycles. The summed E-state index contributed by atoms with van der Waals surface area (Å²) in [7, 11) is 1.58. The number of ether oxygens (including phenoxy) is 2. The number of carbonyl (C=O) groups is 2. The molecule has 0 unspecified atom stereocenters. The molecule has 1 saturated heterocycles. The van der Waals surface area contributed by atoms with Gasteiger partial charge < -0.3 is 23.7 Å². The lowest BCUT2D eigenvalue weighted by Gasteiger charge is -2.34. The van der Waals surface area contributed by atoms with Crippen LogP contribution in [0.25, 0.3) is 22.1 Å². The molecule has 0 spiro atoms. The SMILES string of the molecule is COc1ccc2oc(=O)c(-c3ccc(OCC(=O)N4CCN(C(C)=O)CC4)cc3)cc2c1. The van der Waals surface area contributed by atoms with Crippen LogP contribution in [0.5, 0.6) is 11.5 Å². The first-order valence-electron chi connectivity index (χ1n) is 10.3. The summed E-state index contributed by atoms with van der Waals surface area (Å²) in [6, 6.07) is 13.9. The molecule has 166 valence electrons. The zero-order valence-electron chi connectivity index (χ0n) is 18.0. The summed E-state index contributed by atoms with van der Waals surface area (Å²) in [5.41, 5.74) is 1.16. The molecule has 8 heteroatoms. The van der Waals surface area contributed by atoms with E-state index in [9.17, 15) is 14.4 Å². The highest BCUT2D eigenvalue weighted by Gasteiger charge is 2.22. The molecule has 1 fully saturated rings. The zero-order chi connectivity index (χ0) is 22.7. The standard InChI is InChI=1S/C24H24N2O6/c1-16(27)25-9-11-26(12-10-25)23(28)15-31-19-5-3-17(4-6-19)21-14-18-13-20(30-2)7-8-22(18)32-24(21)29/h3-8,13-14H,9-12,15H2,1-2H3. The lowest BCUT2D eigenvalue weighted by atomic mass is 10.1. The van der Waals surface area contributed by atoms with E-state index in [2.05, 4.69) is 0 Å². The number of piperazine rings is 1. The third-order valence-electron chi connectivity index (χ3n) is 5.54. The number of fused-ring (bicyclic) bond motifs is 1. The summed E-state index contributed by atoms with van der Waals surface area (Å²) in [4.78, 5) is 39.6. The summed E-state index contributed by atoms with van der Waals surface area (Å²) < 4.78 is 16.3. The second kappa shape index (κ2) is 9.13. The van der Waals surface area contributed by atoms with E-state index in [-0.39, 0.29) is 18.4 Å². The van der Waals surface area contributed by atoms with Crippen molar-refractivity contribution in [3.05, 3.63) is 59.0 Å². The largest absolute Gasteiger partial charge is 0.497 e. The van der Waals surface area contributed by atoms with Crippen LogP contribution >= 0.6 is 0 Å². The number of rotatable bonds is 5. The van der Waals surface area contributed by atoms with E-state index in [1.807, 2.05) is 0 Å². The van der Waals surface area contributed by atoms with Gasteiger partial charge in [-0.3, -0.25) is 9.59 Å². The monoisotopic (exact) mass is 436 g/mol. The molecule has 2 amide bonds. The molecule has 4 rings (SSSR count). The zero-order valence-corrected chi connectivity index (χ0v) is 18.0. The highest BCUT2D eigenvalue weighted by Crippen LogP contribution is 2.25. The van der Waals surface area contributed by atoms with Crippen LogP contribution in [0.3, 0.4) is 0 Å². The van der Waals surface area contributed by atoms with Crippen molar-refractivity contribution in [1.29, 1.82) is 0 Å². The van der Waals surface area contributed by atoms with Gasteiger partial charge >= 0.3 is 5.63 Å². The van der Waals surface area contributed by atoms with E-state index < -0.39 is 5.63 Å². The Morgan fingerprint density at radius 2 is 1.59 bits per heavy atom. The van der Waals surface area contributed by atoms with E-state index >= 15 is 0 Å². The summed E-state index contributed by atoms with van der Waals surface area (Å²) in [5, 5.41) is 0.759. The van der Waals surface area contributed by atoms with E-state index in [0.717, 1.165) is 5.39 Å². The number of benzene rings is 2. The van der Waals surface area contributed by atoms with E-state index in [4.69, 9.17) is 13.9 Å². The third-order valence-corrected chi connectivity index (χ3v) is 5.54. The smallest absolute Gasteiger partial charge is 0.344 e. The number of nitrogens with zero attached hydrogens (tertiary/aromatic N) is 2. The normalized spacial score (nSPS) is 13.8. The van der Waals surface area contributed by atoms with Crippen LogP contribution < -0.4 is 15.1 Å². The van der Waals surface area contributed by atoms with Gasteiger partial charge in [-0.2, -0.15) is 0 Å². The molecule has 3 aromatic rings. The fraction of sp³-hybridized carbons (Fsp3) is 0.292. The lowest BCUT2D eigenvalue weighted by Crippen LogP contribution is -2.51. The maximum atomic E-state index is 12.4. The Kier molecular flexibility index (Phi) is 6.11. The average molecular weight is 436 g/mol. The fourth-order valence-electron chi connectivity index (χ4n) is 3.67. The van der Waals surface area contributed by atoms with Crippen molar-refractivity contribution in [2.24, 2.45) is 0 Å². The van der Waals surface area contributed by atoms with Crippen molar-refractivity contribution in [1.82, 2.24) is 9.80 Å². The molecule has 1 aliphatic heterocycles. The summed E-state index contributed by atoms with van der Waals surface area (Å²) >= 11 is 0. The summed E-state index contributed by atoms with van der Waals surface area (Å²) in [6.07, 6.45) is 0. The number of hydrogen-bond acceptors (Lipinski definition) is 6. The van der Waals surface area contributed by atoms with Crippen molar-refractivity contribution >= 4 is 22.8 Å². The Morgan fingerprint density at radius 1 is 0.938 bits per heavy atom. The first kappa shape index (κ1) is 21.4. The minimum absolute atomic E-state index is 0.0213. The second-order valence-corrected chi connectivity index (χ2v) is 7.55. The third kappa shape index (κ3) is 4.59. The lowest BCUT2D eigenvalue weighted by molar-refractivity contribution is -0.139. The van der Waals surface area contributed by atoms with Crippen molar-refractivity contribution in [3.8, 4) is 22.6 Å². The average Bonchev–Trinajstić information content (AvgIpc) is 2.82. The Morgan fingerprint density at radius 3 is 2.25 bits per heavy atom. The Balaban J connectivity index is 1.41. The van der Waals surface area contributed by atoms with Crippen LogP contribution in [-0.4, -0.2) is 61.5 Å². The van der Waals surface area contributed by atoms with Crippen molar-refractivity contribution in [2.75, 3.05) is 39.9 Å². The Bertz CT molecular complexity index is 1190. The first-order chi connectivity index (χ1) is 15.4. The van der Waals surface area contributed by atoms with Crippen LogP contribution in [-0.2, 0) is 9.59 Å². The molecule has 2 heterocycles. The highest BCUT2D eigenvalue weighted by atomic mass is 16.5. The van der Waals surface area contributed by atoms with Gasteiger partial charge in [0.05, 0.1) is 12.7 Å². The first-order valence-corrected chi connectivity index (χ1v) is 10.3. The summed E-state index contributed by atoms with van der Waals surface area (Å²) in [6.45, 7) is 3.53. The van der Waals surface area contributed by atoms with E-state index in [1.165, 1.54) is 6.92 Å². The predicted octanol–water partition coefficient (Wildman–Crippen LogP) is 2.54. The Labute approximate surface area is 184 Å². The molecule has 0 N–H and O–H groups in total. The molecular weight excluding hydrogens is 412 g/mol. The van der Waals surface area contributed by atoms with E-state index in [1.54, 1.807) is 65.4 Å². The highest BCUT2D eigenvalue weighted by molar-refractivity contribution is 5.83. The molecule has 8 nitrogen and oxygen atoms in total. The van der Waals surface area contributed by atoms with Gasteiger partial charge in [-0.1, -0.05) is 12.1 Å². The predicted molar refractivity (Wildman–Crippen MR) is 119 cm³/mol. The van der Waals surface area contributed by atoms with E-state index in [0.29, 0.717) is 54.4 Å². The van der Waals surface area contributed by atoms with Crippen molar-refractivity contribution in [2.45, 2.75) is 6.92 Å². The minimum Gasteiger partial charge on any atom is -0.497 e. The maximum absolute atomic E-state index is 12.4. The Hall–Kier alpha value is -3.81. The number of carbonyl (C=O) groups excluding carboxylic acids is 2. The molecule has 0 saturated carbocycles. The molecule has 0 bridgehead atoms.